The molecule has 0 aliphatic carbocycles. The van der Waals surface area contributed by atoms with Crippen LogP contribution in [0, 0.1) is 6.92 Å². The van der Waals surface area contributed by atoms with Gasteiger partial charge in [0.25, 0.3) is 0 Å². The number of rotatable bonds is 8. The summed E-state index contributed by atoms with van der Waals surface area (Å²) >= 11 is 0. The zero-order valence-corrected chi connectivity index (χ0v) is 16.3. The van der Waals surface area contributed by atoms with E-state index in [0.717, 1.165) is 16.7 Å². The minimum absolute atomic E-state index is 0.0618. The second-order valence-electron chi connectivity index (χ2n) is 6.32. The highest BCUT2D eigenvalue weighted by Crippen LogP contribution is 2.21. The van der Waals surface area contributed by atoms with Gasteiger partial charge in [-0.2, -0.15) is 0 Å². The largest absolute Gasteiger partial charge is 0.458 e. The molecule has 0 bridgehead atoms. The minimum Gasteiger partial charge on any atom is -0.458 e. The Morgan fingerprint density at radius 3 is 1.86 bits per heavy atom. The van der Waals surface area contributed by atoms with Gasteiger partial charge >= 0.3 is 5.97 Å². The van der Waals surface area contributed by atoms with Gasteiger partial charge in [0.15, 0.2) is 0 Å². The van der Waals surface area contributed by atoms with Crippen molar-refractivity contribution in [3.8, 4) is 17.2 Å². The third kappa shape index (κ3) is 5.36. The Morgan fingerprint density at radius 2 is 1.31 bits per heavy atom. The number of ether oxygens (including phenoxy) is 3. The van der Waals surface area contributed by atoms with Gasteiger partial charge in [0, 0.05) is 0 Å². The molecule has 0 aliphatic heterocycles. The average molecular weight is 386 g/mol. The molecule has 146 valence electrons. The lowest BCUT2D eigenvalue weighted by atomic mass is 10.1. The molecule has 0 atom stereocenters. The van der Waals surface area contributed by atoms with Crippen molar-refractivity contribution in [3.63, 3.8) is 0 Å². The summed E-state index contributed by atoms with van der Waals surface area (Å²) in [6.45, 7) is 9.31. The fourth-order valence-electron chi connectivity index (χ4n) is 2.65. The van der Waals surface area contributed by atoms with Crippen LogP contribution in [0.25, 0.3) is 12.2 Å². The highest BCUT2D eigenvalue weighted by molar-refractivity contribution is 5.92. The molecule has 0 heterocycles. The Labute approximate surface area is 170 Å². The fourth-order valence-corrected chi connectivity index (χ4v) is 2.65. The summed E-state index contributed by atoms with van der Waals surface area (Å²) in [5.74, 6) is 1.38. The van der Waals surface area contributed by atoms with Gasteiger partial charge in [-0.05, 0) is 66.1 Å². The molecule has 0 spiro atoms. The third-order valence-corrected chi connectivity index (χ3v) is 4.31. The van der Waals surface area contributed by atoms with Gasteiger partial charge < -0.3 is 14.2 Å². The number of aryl methyl sites for hydroxylation is 1. The first-order valence-electron chi connectivity index (χ1n) is 9.12. The maximum Gasteiger partial charge on any atom is 0.343 e. The molecule has 4 heteroatoms. The molecule has 0 saturated carbocycles. The van der Waals surface area contributed by atoms with Crippen LogP contribution in [0.15, 0.2) is 79.9 Å². The van der Waals surface area contributed by atoms with E-state index in [2.05, 4.69) is 13.2 Å². The SMILES string of the molecule is C=Cc1ccc(OCOc2ccc(C(=O)Oc3ccc(C=C)cc3)c(C)c2)cc1. The third-order valence-electron chi connectivity index (χ3n) is 4.31. The van der Waals surface area contributed by atoms with Crippen molar-refractivity contribution >= 4 is 18.1 Å². The van der Waals surface area contributed by atoms with Crippen LogP contribution in [0.2, 0.25) is 0 Å². The van der Waals surface area contributed by atoms with Crippen molar-refractivity contribution in [2.45, 2.75) is 6.92 Å². The fraction of sp³-hybridized carbons (Fsp3) is 0.0800. The van der Waals surface area contributed by atoms with Crippen LogP contribution in [0.4, 0.5) is 0 Å². The van der Waals surface area contributed by atoms with Crippen molar-refractivity contribution in [2.24, 2.45) is 0 Å². The lowest BCUT2D eigenvalue weighted by molar-refractivity contribution is 0.0734. The highest BCUT2D eigenvalue weighted by Gasteiger charge is 2.12. The van der Waals surface area contributed by atoms with E-state index in [1.54, 1.807) is 42.5 Å². The quantitative estimate of drug-likeness (QED) is 0.274. The normalized spacial score (nSPS) is 10.1. The van der Waals surface area contributed by atoms with Gasteiger partial charge in [0.05, 0.1) is 5.56 Å². The van der Waals surface area contributed by atoms with E-state index in [1.807, 2.05) is 43.3 Å². The molecular formula is C25H22O4. The van der Waals surface area contributed by atoms with E-state index in [0.29, 0.717) is 22.8 Å². The summed E-state index contributed by atoms with van der Waals surface area (Å²) in [6, 6.07) is 19.9. The van der Waals surface area contributed by atoms with E-state index in [9.17, 15) is 4.79 Å². The molecule has 4 nitrogen and oxygen atoms in total. The van der Waals surface area contributed by atoms with E-state index < -0.39 is 5.97 Å². The molecule has 0 N–H and O–H groups in total. The van der Waals surface area contributed by atoms with Gasteiger partial charge in [0.1, 0.15) is 17.2 Å². The van der Waals surface area contributed by atoms with E-state index >= 15 is 0 Å². The Balaban J connectivity index is 1.57. The Kier molecular flexibility index (Phi) is 6.48. The second-order valence-corrected chi connectivity index (χ2v) is 6.32. The summed E-state index contributed by atoms with van der Waals surface area (Å²) in [5, 5.41) is 0. The van der Waals surface area contributed by atoms with Crippen molar-refractivity contribution in [3.05, 3.63) is 102 Å². The predicted molar refractivity (Wildman–Crippen MR) is 115 cm³/mol. The first kappa shape index (κ1) is 20.0. The number of carbonyl (C=O) groups is 1. The number of carbonyl (C=O) groups excluding carboxylic acids is 1. The molecule has 0 saturated heterocycles. The number of hydrogen-bond acceptors (Lipinski definition) is 4. The zero-order chi connectivity index (χ0) is 20.6. The maximum atomic E-state index is 12.4. The van der Waals surface area contributed by atoms with Crippen molar-refractivity contribution in [1.29, 1.82) is 0 Å². The van der Waals surface area contributed by atoms with Gasteiger partial charge in [-0.3, -0.25) is 0 Å². The van der Waals surface area contributed by atoms with E-state index in [4.69, 9.17) is 14.2 Å². The van der Waals surface area contributed by atoms with Crippen LogP contribution < -0.4 is 14.2 Å². The van der Waals surface area contributed by atoms with E-state index in [1.165, 1.54) is 0 Å². The molecular weight excluding hydrogens is 364 g/mol. The lowest BCUT2D eigenvalue weighted by Gasteiger charge is -2.11. The first-order chi connectivity index (χ1) is 14.1. The smallest absolute Gasteiger partial charge is 0.343 e. The van der Waals surface area contributed by atoms with Crippen LogP contribution in [0.1, 0.15) is 27.0 Å². The monoisotopic (exact) mass is 386 g/mol. The molecule has 0 aromatic heterocycles. The Morgan fingerprint density at radius 1 is 0.793 bits per heavy atom. The summed E-state index contributed by atoms with van der Waals surface area (Å²) < 4.78 is 16.6. The summed E-state index contributed by atoms with van der Waals surface area (Å²) in [7, 11) is 0. The Hall–Kier alpha value is -3.79. The molecule has 0 unspecified atom stereocenters. The number of benzene rings is 3. The molecule has 0 fully saturated rings. The zero-order valence-electron chi connectivity index (χ0n) is 16.3. The van der Waals surface area contributed by atoms with Gasteiger partial charge in [-0.1, -0.05) is 49.6 Å². The molecule has 3 aromatic rings. The summed E-state index contributed by atoms with van der Waals surface area (Å²) in [5.41, 5.74) is 3.21. The molecule has 0 amide bonds. The van der Waals surface area contributed by atoms with Crippen LogP contribution in [-0.2, 0) is 0 Å². The van der Waals surface area contributed by atoms with Crippen LogP contribution in [0.3, 0.4) is 0 Å². The number of hydrogen-bond donors (Lipinski definition) is 0. The molecule has 3 aromatic carbocycles. The highest BCUT2D eigenvalue weighted by atomic mass is 16.7. The van der Waals surface area contributed by atoms with Gasteiger partial charge in [0.2, 0.25) is 6.79 Å². The molecule has 0 radical (unpaired) electrons. The van der Waals surface area contributed by atoms with Gasteiger partial charge in [-0.15, -0.1) is 0 Å². The molecule has 0 aliphatic rings. The summed E-state index contributed by atoms with van der Waals surface area (Å²) in [4.78, 5) is 12.4. The standard InChI is InChI=1S/C25H22O4/c1-4-19-6-10-21(11-7-19)27-17-28-23-14-15-24(18(3)16-23)25(26)29-22-12-8-20(5-2)9-13-22/h4-16H,1-2,17H2,3H3. The van der Waals surface area contributed by atoms with Crippen LogP contribution in [-0.4, -0.2) is 12.8 Å². The van der Waals surface area contributed by atoms with Crippen molar-refractivity contribution in [1.82, 2.24) is 0 Å². The topological polar surface area (TPSA) is 44.8 Å². The second kappa shape index (κ2) is 9.42. The maximum absolute atomic E-state index is 12.4. The van der Waals surface area contributed by atoms with E-state index in [-0.39, 0.29) is 6.79 Å². The van der Waals surface area contributed by atoms with Crippen LogP contribution >= 0.6 is 0 Å². The average Bonchev–Trinajstić information content (AvgIpc) is 2.75. The first-order valence-corrected chi connectivity index (χ1v) is 9.12. The number of esters is 1. The van der Waals surface area contributed by atoms with Crippen LogP contribution in [0.5, 0.6) is 17.2 Å². The lowest BCUT2D eigenvalue weighted by Crippen LogP contribution is -2.11. The predicted octanol–water partition coefficient (Wildman–Crippen LogP) is 5.92. The Bertz CT molecular complexity index is 1000. The molecule has 29 heavy (non-hydrogen) atoms. The minimum atomic E-state index is -0.418. The molecule has 3 rings (SSSR count). The van der Waals surface area contributed by atoms with Crippen molar-refractivity contribution in [2.75, 3.05) is 6.79 Å². The van der Waals surface area contributed by atoms with Gasteiger partial charge in [-0.25, -0.2) is 4.79 Å². The van der Waals surface area contributed by atoms with Crippen molar-refractivity contribution < 1.29 is 19.0 Å². The summed E-state index contributed by atoms with van der Waals surface area (Å²) in [6.07, 6.45) is 3.50.